The van der Waals surface area contributed by atoms with Crippen LogP contribution in [0.5, 0.6) is 0 Å². The maximum atomic E-state index is 8.71. The summed E-state index contributed by atoms with van der Waals surface area (Å²) in [6, 6.07) is 3.57. The van der Waals surface area contributed by atoms with Crippen LogP contribution in [0.3, 0.4) is 0 Å². The molecular formula is C9H9N5OS2. The Morgan fingerprint density at radius 3 is 3.00 bits per heavy atom. The van der Waals surface area contributed by atoms with Crippen LogP contribution in [-0.2, 0) is 0 Å². The second kappa shape index (κ2) is 5.11. The van der Waals surface area contributed by atoms with Gasteiger partial charge in [-0.1, -0.05) is 5.16 Å². The first-order valence-electron chi connectivity index (χ1n) is 4.61. The molecule has 2 rings (SSSR count). The fourth-order valence-corrected chi connectivity index (χ4v) is 2.68. The van der Waals surface area contributed by atoms with Crippen molar-refractivity contribution in [1.29, 1.82) is 0 Å². The molecule has 6 nitrogen and oxygen atoms in total. The number of amidine groups is 1. The van der Waals surface area contributed by atoms with Gasteiger partial charge in [0.1, 0.15) is 11.4 Å². The molecule has 0 atom stereocenters. The van der Waals surface area contributed by atoms with E-state index in [4.69, 9.17) is 10.9 Å². The molecule has 0 aliphatic carbocycles. The zero-order valence-electron chi connectivity index (χ0n) is 8.86. The highest BCUT2D eigenvalue weighted by molar-refractivity contribution is 8.01. The van der Waals surface area contributed by atoms with E-state index in [1.54, 1.807) is 12.1 Å². The predicted octanol–water partition coefficient (Wildman–Crippen LogP) is 1.49. The predicted molar refractivity (Wildman–Crippen MR) is 65.5 cm³/mol. The number of aryl methyl sites for hydroxylation is 1. The maximum absolute atomic E-state index is 8.71. The Morgan fingerprint density at radius 2 is 2.35 bits per heavy atom. The van der Waals surface area contributed by atoms with E-state index in [1.165, 1.54) is 29.6 Å². The topological polar surface area (TPSA) is 97.3 Å². The minimum Gasteiger partial charge on any atom is -0.409 e. The van der Waals surface area contributed by atoms with Gasteiger partial charge in [-0.2, -0.15) is 4.37 Å². The molecule has 8 heteroatoms. The minimum atomic E-state index is 0.0320. The fourth-order valence-electron chi connectivity index (χ4n) is 1.15. The number of rotatable bonds is 3. The van der Waals surface area contributed by atoms with Crippen LogP contribution in [0, 0.1) is 6.92 Å². The third-order valence-electron chi connectivity index (χ3n) is 1.91. The van der Waals surface area contributed by atoms with Gasteiger partial charge in [-0.05, 0) is 42.4 Å². The van der Waals surface area contributed by atoms with Crippen molar-refractivity contribution < 1.29 is 5.21 Å². The van der Waals surface area contributed by atoms with Crippen molar-refractivity contribution in [2.45, 2.75) is 16.3 Å². The normalized spacial score (nSPS) is 11.7. The Balaban J connectivity index is 2.40. The van der Waals surface area contributed by atoms with E-state index >= 15 is 0 Å². The molecule has 0 saturated carbocycles. The summed E-state index contributed by atoms with van der Waals surface area (Å²) in [5.74, 6) is 0.0320. The molecule has 0 bridgehead atoms. The van der Waals surface area contributed by atoms with Crippen molar-refractivity contribution in [3.05, 3.63) is 29.7 Å². The smallest absolute Gasteiger partial charge is 0.176 e. The zero-order valence-corrected chi connectivity index (χ0v) is 10.5. The summed E-state index contributed by atoms with van der Waals surface area (Å²) in [5.41, 5.74) is 7.02. The minimum absolute atomic E-state index is 0.0320. The molecule has 0 unspecified atom stereocenters. The molecule has 2 heterocycles. The largest absolute Gasteiger partial charge is 0.409 e. The molecule has 0 spiro atoms. The Bertz CT molecular complexity index is 540. The van der Waals surface area contributed by atoms with Crippen LogP contribution in [0.1, 0.15) is 11.3 Å². The van der Waals surface area contributed by atoms with Gasteiger partial charge in [0, 0.05) is 5.69 Å². The quantitative estimate of drug-likeness (QED) is 0.378. The summed E-state index contributed by atoms with van der Waals surface area (Å²) < 4.78 is 4.67. The number of hydrogen-bond donors (Lipinski definition) is 2. The zero-order chi connectivity index (χ0) is 12.3. The lowest BCUT2D eigenvalue weighted by Gasteiger charge is -2.05. The Kier molecular flexibility index (Phi) is 3.55. The van der Waals surface area contributed by atoms with E-state index in [-0.39, 0.29) is 5.84 Å². The van der Waals surface area contributed by atoms with Crippen LogP contribution in [0.4, 0.5) is 0 Å². The molecule has 0 aliphatic rings. The van der Waals surface area contributed by atoms with Gasteiger partial charge in [-0.25, -0.2) is 9.97 Å². The van der Waals surface area contributed by atoms with Crippen LogP contribution >= 0.6 is 23.3 Å². The van der Waals surface area contributed by atoms with Gasteiger partial charge < -0.3 is 10.9 Å². The molecule has 2 aromatic heterocycles. The van der Waals surface area contributed by atoms with Crippen molar-refractivity contribution in [2.24, 2.45) is 10.9 Å². The molecule has 3 N–H and O–H groups in total. The van der Waals surface area contributed by atoms with Crippen molar-refractivity contribution in [3.8, 4) is 0 Å². The first-order valence-corrected chi connectivity index (χ1v) is 6.20. The number of nitrogens with zero attached hydrogens (tertiary/aromatic N) is 4. The number of pyridine rings is 1. The molecule has 0 aliphatic heterocycles. The van der Waals surface area contributed by atoms with Crippen molar-refractivity contribution in [3.63, 3.8) is 0 Å². The maximum Gasteiger partial charge on any atom is 0.176 e. The van der Waals surface area contributed by atoms with Gasteiger partial charge in [-0.3, -0.25) is 0 Å². The van der Waals surface area contributed by atoms with Crippen LogP contribution in [0.15, 0.2) is 33.0 Å². The van der Waals surface area contributed by atoms with Gasteiger partial charge in [0.2, 0.25) is 0 Å². The van der Waals surface area contributed by atoms with E-state index in [0.29, 0.717) is 10.6 Å². The number of aromatic nitrogens is 3. The second-order valence-corrected chi connectivity index (χ2v) is 5.12. The number of hydrogen-bond acceptors (Lipinski definition) is 7. The second-order valence-electron chi connectivity index (χ2n) is 3.10. The number of oxime groups is 1. The van der Waals surface area contributed by atoms with E-state index in [1.807, 2.05) is 6.92 Å². The Labute approximate surface area is 106 Å². The summed E-state index contributed by atoms with van der Waals surface area (Å²) in [6.07, 6.45) is 1.48. The molecule has 0 amide bonds. The highest BCUT2D eigenvalue weighted by Crippen LogP contribution is 2.29. The fraction of sp³-hybridized carbons (Fsp3) is 0.111. The third kappa shape index (κ3) is 2.71. The van der Waals surface area contributed by atoms with Gasteiger partial charge in [0.15, 0.2) is 10.2 Å². The lowest BCUT2D eigenvalue weighted by Crippen LogP contribution is -2.15. The molecule has 0 fully saturated rings. The average Bonchev–Trinajstić information content (AvgIpc) is 2.81. The first-order chi connectivity index (χ1) is 8.20. The molecule has 88 valence electrons. The summed E-state index contributed by atoms with van der Waals surface area (Å²) in [4.78, 5) is 8.40. The van der Waals surface area contributed by atoms with Gasteiger partial charge >= 0.3 is 0 Å². The highest BCUT2D eigenvalue weighted by atomic mass is 32.2. The first kappa shape index (κ1) is 11.8. The van der Waals surface area contributed by atoms with E-state index in [9.17, 15) is 0 Å². The molecule has 2 aromatic rings. The standard InChI is InChI=1S/C9H9N5OS2/c1-5-2-3-6(7(10)14-15)8(13-5)16-9-11-4-12-17-9/h2-4,15H,1H3,(H2,10,14). The molecule has 0 radical (unpaired) electrons. The highest BCUT2D eigenvalue weighted by Gasteiger charge is 2.12. The Morgan fingerprint density at radius 1 is 1.53 bits per heavy atom. The summed E-state index contributed by atoms with van der Waals surface area (Å²) in [5, 5.41) is 12.3. The van der Waals surface area contributed by atoms with E-state index in [0.717, 1.165) is 10.0 Å². The van der Waals surface area contributed by atoms with Crippen LogP contribution in [0.2, 0.25) is 0 Å². The van der Waals surface area contributed by atoms with Crippen molar-refractivity contribution in [1.82, 2.24) is 14.3 Å². The van der Waals surface area contributed by atoms with Crippen molar-refractivity contribution >= 4 is 29.1 Å². The number of nitrogens with two attached hydrogens (primary N) is 1. The monoisotopic (exact) mass is 267 g/mol. The summed E-state index contributed by atoms with van der Waals surface area (Å²) in [7, 11) is 0. The van der Waals surface area contributed by atoms with Crippen LogP contribution in [0.25, 0.3) is 0 Å². The lowest BCUT2D eigenvalue weighted by atomic mass is 10.2. The molecular weight excluding hydrogens is 258 g/mol. The van der Waals surface area contributed by atoms with E-state index < -0.39 is 0 Å². The Hall–Kier alpha value is -1.67. The van der Waals surface area contributed by atoms with Crippen LogP contribution < -0.4 is 5.73 Å². The molecule has 0 saturated heterocycles. The molecule has 0 aromatic carbocycles. The third-order valence-corrected chi connectivity index (χ3v) is 3.63. The van der Waals surface area contributed by atoms with Crippen LogP contribution in [-0.4, -0.2) is 25.4 Å². The van der Waals surface area contributed by atoms with Gasteiger partial charge in [-0.15, -0.1) is 0 Å². The van der Waals surface area contributed by atoms with Gasteiger partial charge in [0.05, 0.1) is 5.56 Å². The SMILES string of the molecule is Cc1ccc(C(N)=NO)c(Sc2ncns2)n1. The molecule has 17 heavy (non-hydrogen) atoms. The van der Waals surface area contributed by atoms with Crippen molar-refractivity contribution in [2.75, 3.05) is 0 Å². The lowest BCUT2D eigenvalue weighted by molar-refractivity contribution is 0.318. The average molecular weight is 267 g/mol. The van der Waals surface area contributed by atoms with Gasteiger partial charge in [0.25, 0.3) is 0 Å². The summed E-state index contributed by atoms with van der Waals surface area (Å²) in [6.45, 7) is 1.88. The summed E-state index contributed by atoms with van der Waals surface area (Å²) >= 11 is 2.61. The van der Waals surface area contributed by atoms with E-state index in [2.05, 4.69) is 19.5 Å².